The summed E-state index contributed by atoms with van der Waals surface area (Å²) < 4.78 is 0. The Hall–Kier alpha value is -1.24. The van der Waals surface area contributed by atoms with Gasteiger partial charge in [0.25, 0.3) is 0 Å². The smallest absolute Gasteiger partial charge is 0.146 e. The summed E-state index contributed by atoms with van der Waals surface area (Å²) >= 11 is 1.62. The number of thiophene rings is 1. The second-order valence-corrected chi connectivity index (χ2v) is 7.49. The lowest BCUT2D eigenvalue weighted by Gasteiger charge is -2.42. The second-order valence-electron chi connectivity index (χ2n) is 6.60. The van der Waals surface area contributed by atoms with Crippen LogP contribution in [0.2, 0.25) is 0 Å². The summed E-state index contributed by atoms with van der Waals surface area (Å²) in [5, 5.41) is 2.99. The molecule has 0 radical (unpaired) electrons. The van der Waals surface area contributed by atoms with E-state index in [9.17, 15) is 0 Å². The van der Waals surface area contributed by atoms with Gasteiger partial charge in [0, 0.05) is 31.7 Å². The molecule has 3 rings (SSSR count). The Morgan fingerprint density at radius 1 is 1.19 bits per heavy atom. The van der Waals surface area contributed by atoms with Crippen molar-refractivity contribution in [2.24, 2.45) is 0 Å². The van der Waals surface area contributed by atoms with Crippen LogP contribution in [0.1, 0.15) is 26.6 Å². The zero-order valence-electron chi connectivity index (χ0n) is 13.0. The van der Waals surface area contributed by atoms with Gasteiger partial charge in [0.05, 0.1) is 11.9 Å². The number of nitrogens with zero attached hydrogens (tertiary/aromatic N) is 4. The Labute approximate surface area is 129 Å². The van der Waals surface area contributed by atoms with Gasteiger partial charge in [-0.2, -0.15) is 0 Å². The van der Waals surface area contributed by atoms with Crippen LogP contribution < -0.4 is 5.73 Å². The van der Waals surface area contributed by atoms with E-state index in [1.807, 2.05) is 11.4 Å². The molecule has 2 N–H and O–H groups in total. The van der Waals surface area contributed by atoms with Crippen molar-refractivity contribution in [2.45, 2.75) is 32.9 Å². The van der Waals surface area contributed by atoms with Crippen LogP contribution in [0, 0.1) is 0 Å². The highest BCUT2D eigenvalue weighted by atomic mass is 32.1. The lowest BCUT2D eigenvalue weighted by atomic mass is 10.1. The molecule has 1 aliphatic rings. The van der Waals surface area contributed by atoms with Crippen LogP contribution in [0.3, 0.4) is 0 Å². The van der Waals surface area contributed by atoms with E-state index in [0.717, 1.165) is 48.8 Å². The van der Waals surface area contributed by atoms with Crippen molar-refractivity contribution in [3.63, 3.8) is 0 Å². The van der Waals surface area contributed by atoms with Crippen molar-refractivity contribution in [3.8, 4) is 0 Å². The van der Waals surface area contributed by atoms with Crippen LogP contribution in [-0.2, 0) is 6.54 Å². The molecule has 2 aromatic rings. The van der Waals surface area contributed by atoms with Gasteiger partial charge in [0.2, 0.25) is 0 Å². The maximum atomic E-state index is 6.01. The highest BCUT2D eigenvalue weighted by Crippen LogP contribution is 2.23. The fraction of sp³-hybridized carbons (Fsp3) is 0.600. The Bertz CT molecular complexity index is 623. The van der Waals surface area contributed by atoms with Crippen molar-refractivity contribution in [1.29, 1.82) is 0 Å². The standard InChI is InChI=1S/C15H23N5S/c1-15(2,3)20-7-5-19(6-8-20)10-12-17-13(16)11-4-9-21-14(11)18-12/h4,9H,5-8,10H2,1-3H3,(H2,16,17,18). The largest absolute Gasteiger partial charge is 0.383 e. The molecule has 0 atom stereocenters. The lowest BCUT2D eigenvalue weighted by Crippen LogP contribution is -2.53. The maximum absolute atomic E-state index is 6.01. The molecule has 0 spiro atoms. The molecule has 0 unspecified atom stereocenters. The predicted octanol–water partition coefficient (Wildman–Crippen LogP) is 2.19. The van der Waals surface area contributed by atoms with Crippen LogP contribution in [0.15, 0.2) is 11.4 Å². The van der Waals surface area contributed by atoms with Crippen LogP contribution >= 0.6 is 11.3 Å². The molecular weight excluding hydrogens is 282 g/mol. The summed E-state index contributed by atoms with van der Waals surface area (Å²) in [5.41, 5.74) is 6.27. The number of aromatic nitrogens is 2. The third kappa shape index (κ3) is 3.17. The lowest BCUT2D eigenvalue weighted by molar-refractivity contribution is 0.0581. The fourth-order valence-electron chi connectivity index (χ4n) is 2.77. The van der Waals surface area contributed by atoms with E-state index in [-0.39, 0.29) is 5.54 Å². The minimum atomic E-state index is 0.253. The number of hydrogen-bond donors (Lipinski definition) is 1. The molecule has 6 heteroatoms. The van der Waals surface area contributed by atoms with E-state index in [0.29, 0.717) is 5.82 Å². The summed E-state index contributed by atoms with van der Waals surface area (Å²) in [4.78, 5) is 15.0. The first-order chi connectivity index (χ1) is 9.93. The minimum absolute atomic E-state index is 0.253. The first-order valence-corrected chi connectivity index (χ1v) is 8.28. The molecule has 0 aliphatic carbocycles. The van der Waals surface area contributed by atoms with Crippen molar-refractivity contribution >= 4 is 27.4 Å². The first-order valence-electron chi connectivity index (χ1n) is 7.40. The maximum Gasteiger partial charge on any atom is 0.146 e. The van der Waals surface area contributed by atoms with Gasteiger partial charge in [-0.15, -0.1) is 11.3 Å². The van der Waals surface area contributed by atoms with Gasteiger partial charge in [-0.3, -0.25) is 9.80 Å². The van der Waals surface area contributed by atoms with Crippen molar-refractivity contribution in [3.05, 3.63) is 17.3 Å². The van der Waals surface area contributed by atoms with Crippen LogP contribution in [0.4, 0.5) is 5.82 Å². The number of nitrogen functional groups attached to an aromatic ring is 1. The number of hydrogen-bond acceptors (Lipinski definition) is 6. The molecule has 1 saturated heterocycles. The van der Waals surface area contributed by atoms with Gasteiger partial charge >= 0.3 is 0 Å². The molecule has 21 heavy (non-hydrogen) atoms. The third-order valence-corrected chi connectivity index (χ3v) is 4.89. The summed E-state index contributed by atoms with van der Waals surface area (Å²) in [6, 6.07) is 1.99. The molecule has 1 aliphatic heterocycles. The van der Waals surface area contributed by atoms with Crippen molar-refractivity contribution in [2.75, 3.05) is 31.9 Å². The number of rotatable bonds is 2. The first kappa shape index (κ1) is 14.7. The summed E-state index contributed by atoms with van der Waals surface area (Å²) in [6.07, 6.45) is 0. The predicted molar refractivity (Wildman–Crippen MR) is 88.4 cm³/mol. The van der Waals surface area contributed by atoms with Gasteiger partial charge in [-0.05, 0) is 32.2 Å². The average molecular weight is 305 g/mol. The van der Waals surface area contributed by atoms with Gasteiger partial charge in [-0.1, -0.05) is 0 Å². The highest BCUT2D eigenvalue weighted by Gasteiger charge is 2.26. The molecule has 2 aromatic heterocycles. The quantitative estimate of drug-likeness (QED) is 0.921. The SMILES string of the molecule is CC(C)(C)N1CCN(Cc2nc(N)c3ccsc3n2)CC1. The Morgan fingerprint density at radius 2 is 1.90 bits per heavy atom. The minimum Gasteiger partial charge on any atom is -0.383 e. The number of piperazine rings is 1. The van der Waals surface area contributed by atoms with E-state index in [2.05, 4.69) is 40.5 Å². The Balaban J connectivity index is 1.67. The van der Waals surface area contributed by atoms with E-state index >= 15 is 0 Å². The molecule has 3 heterocycles. The van der Waals surface area contributed by atoms with Crippen molar-refractivity contribution < 1.29 is 0 Å². The number of nitrogens with two attached hydrogens (primary N) is 1. The van der Waals surface area contributed by atoms with E-state index in [1.165, 1.54) is 0 Å². The Morgan fingerprint density at radius 3 is 2.57 bits per heavy atom. The van der Waals surface area contributed by atoms with E-state index in [1.54, 1.807) is 11.3 Å². The van der Waals surface area contributed by atoms with E-state index in [4.69, 9.17) is 5.73 Å². The zero-order valence-corrected chi connectivity index (χ0v) is 13.8. The summed E-state index contributed by atoms with van der Waals surface area (Å²) in [7, 11) is 0. The summed E-state index contributed by atoms with van der Waals surface area (Å²) in [6.45, 7) is 11.9. The monoisotopic (exact) mass is 305 g/mol. The molecule has 114 valence electrons. The van der Waals surface area contributed by atoms with Gasteiger partial charge in [0.1, 0.15) is 16.5 Å². The van der Waals surface area contributed by atoms with Crippen LogP contribution in [0.25, 0.3) is 10.2 Å². The molecule has 5 nitrogen and oxygen atoms in total. The third-order valence-electron chi connectivity index (χ3n) is 4.09. The second kappa shape index (κ2) is 5.51. The molecule has 0 amide bonds. The zero-order chi connectivity index (χ0) is 15.0. The molecule has 0 saturated carbocycles. The number of anilines is 1. The van der Waals surface area contributed by atoms with Crippen molar-refractivity contribution in [1.82, 2.24) is 19.8 Å². The van der Waals surface area contributed by atoms with Crippen LogP contribution in [0.5, 0.6) is 0 Å². The topological polar surface area (TPSA) is 58.3 Å². The van der Waals surface area contributed by atoms with Gasteiger partial charge in [-0.25, -0.2) is 9.97 Å². The molecule has 1 fully saturated rings. The highest BCUT2D eigenvalue weighted by molar-refractivity contribution is 7.16. The normalized spacial score (nSPS) is 18.4. The fourth-order valence-corrected chi connectivity index (χ4v) is 3.56. The molecule has 0 aromatic carbocycles. The molecular formula is C15H23N5S. The summed E-state index contributed by atoms with van der Waals surface area (Å²) in [5.74, 6) is 1.44. The Kier molecular flexibility index (Phi) is 3.86. The number of fused-ring (bicyclic) bond motifs is 1. The van der Waals surface area contributed by atoms with Gasteiger partial charge < -0.3 is 5.73 Å². The van der Waals surface area contributed by atoms with Gasteiger partial charge in [0.15, 0.2) is 0 Å². The van der Waals surface area contributed by atoms with E-state index < -0.39 is 0 Å². The van der Waals surface area contributed by atoms with Crippen LogP contribution in [-0.4, -0.2) is 51.5 Å². The average Bonchev–Trinajstić information content (AvgIpc) is 2.87. The molecule has 0 bridgehead atoms.